The van der Waals surface area contributed by atoms with Gasteiger partial charge in [-0.3, -0.25) is 9.52 Å². The first-order valence-corrected chi connectivity index (χ1v) is 11.5. The zero-order chi connectivity index (χ0) is 21.9. The van der Waals surface area contributed by atoms with Crippen molar-refractivity contribution in [2.75, 3.05) is 17.5 Å². The molecular weight excluding hydrogens is 424 g/mol. The number of aromatic nitrogens is 1. The van der Waals surface area contributed by atoms with Crippen molar-refractivity contribution in [1.29, 1.82) is 5.26 Å². The molecule has 1 amide bonds. The predicted molar refractivity (Wildman–Crippen MR) is 118 cm³/mol. The van der Waals surface area contributed by atoms with E-state index in [2.05, 4.69) is 10.0 Å². The summed E-state index contributed by atoms with van der Waals surface area (Å²) in [4.78, 5) is 13.4. The van der Waals surface area contributed by atoms with Crippen LogP contribution in [0.25, 0.3) is 10.9 Å². The number of carbonyl (C=O) groups is 1. The van der Waals surface area contributed by atoms with Gasteiger partial charge in [0.05, 0.1) is 23.5 Å². The van der Waals surface area contributed by atoms with Gasteiger partial charge in [0.2, 0.25) is 10.0 Å². The average Bonchev–Trinajstić information content (AvgIpc) is 3.13. The molecule has 0 bridgehead atoms. The van der Waals surface area contributed by atoms with Crippen LogP contribution in [0.2, 0.25) is 5.02 Å². The van der Waals surface area contributed by atoms with Gasteiger partial charge < -0.3 is 9.88 Å². The van der Waals surface area contributed by atoms with Gasteiger partial charge in [-0.05, 0) is 42.3 Å². The molecule has 1 heterocycles. The monoisotopic (exact) mass is 444 g/mol. The predicted octanol–water partition coefficient (Wildman–Crippen LogP) is 3.46. The molecule has 30 heavy (non-hydrogen) atoms. The third kappa shape index (κ3) is 3.99. The van der Waals surface area contributed by atoms with Gasteiger partial charge in [-0.25, -0.2) is 8.42 Å². The molecule has 0 aliphatic carbocycles. The van der Waals surface area contributed by atoms with E-state index in [-0.39, 0.29) is 12.5 Å². The maximum atomic E-state index is 13.4. The van der Waals surface area contributed by atoms with Crippen molar-refractivity contribution in [2.24, 2.45) is 0 Å². The molecule has 0 fully saturated rings. The summed E-state index contributed by atoms with van der Waals surface area (Å²) in [6.07, 6.45) is 3.23. The van der Waals surface area contributed by atoms with Crippen LogP contribution in [0.4, 0.5) is 5.69 Å². The van der Waals surface area contributed by atoms with Crippen LogP contribution in [-0.4, -0.2) is 31.7 Å². The minimum Gasteiger partial charge on any atom is -0.341 e. The first-order valence-electron chi connectivity index (χ1n) is 9.22. The van der Waals surface area contributed by atoms with E-state index in [1.54, 1.807) is 48.7 Å². The quantitative estimate of drug-likeness (QED) is 0.544. The van der Waals surface area contributed by atoms with E-state index >= 15 is 0 Å². The highest BCUT2D eigenvalue weighted by atomic mass is 35.5. The molecule has 2 aromatic carbocycles. The number of anilines is 1. The van der Waals surface area contributed by atoms with Gasteiger partial charge in [-0.15, -0.1) is 0 Å². The number of halogens is 1. The summed E-state index contributed by atoms with van der Waals surface area (Å²) in [5.41, 5.74) is 0.635. The summed E-state index contributed by atoms with van der Waals surface area (Å²) in [6.45, 7) is 1.75. The Morgan fingerprint density at radius 2 is 1.90 bits per heavy atom. The van der Waals surface area contributed by atoms with E-state index in [4.69, 9.17) is 16.9 Å². The molecule has 3 aromatic rings. The third-order valence-corrected chi connectivity index (χ3v) is 5.82. The van der Waals surface area contributed by atoms with Gasteiger partial charge in [0.25, 0.3) is 5.91 Å². The zero-order valence-electron chi connectivity index (χ0n) is 16.5. The summed E-state index contributed by atoms with van der Waals surface area (Å²) in [7, 11) is -3.47. The number of nitrogens with one attached hydrogen (secondary N) is 2. The second-order valence-corrected chi connectivity index (χ2v) is 9.04. The lowest BCUT2D eigenvalue weighted by molar-refractivity contribution is -0.127. The molecule has 0 unspecified atom stereocenters. The molecule has 1 aromatic heterocycles. The number of benzene rings is 2. The Bertz CT molecular complexity index is 1230. The number of sulfonamides is 1. The normalized spacial score (nSPS) is 13.4. The van der Waals surface area contributed by atoms with E-state index in [0.29, 0.717) is 33.6 Å². The number of hydrogen-bond donors (Lipinski definition) is 2. The van der Waals surface area contributed by atoms with Crippen LogP contribution in [-0.2, 0) is 20.4 Å². The summed E-state index contributed by atoms with van der Waals surface area (Å²) in [6, 6.07) is 15.9. The van der Waals surface area contributed by atoms with Crippen molar-refractivity contribution < 1.29 is 13.2 Å². The molecule has 9 heteroatoms. The highest BCUT2D eigenvalue weighted by molar-refractivity contribution is 7.92. The minimum atomic E-state index is -3.47. The first kappa shape index (κ1) is 21.7. The standard InChI is InChI=1S/C21H21ClN4O3S/c1-3-21(20(27)24-13-12-23,15-7-9-16(22)10-8-15)26-14-11-17-18(25-30(2,28)29)5-4-6-19(17)26/h4-11,14,25H,3,13H2,1-2H3,(H,24,27)/t21-/m1/s1. The molecule has 3 rings (SSSR count). The van der Waals surface area contributed by atoms with Crippen molar-refractivity contribution in [3.05, 3.63) is 65.3 Å². The van der Waals surface area contributed by atoms with Crippen molar-refractivity contribution in [3.8, 4) is 6.07 Å². The van der Waals surface area contributed by atoms with Crippen LogP contribution < -0.4 is 10.0 Å². The summed E-state index contributed by atoms with van der Waals surface area (Å²) >= 11 is 6.05. The second-order valence-electron chi connectivity index (χ2n) is 6.86. The van der Waals surface area contributed by atoms with E-state index < -0.39 is 15.6 Å². The van der Waals surface area contributed by atoms with Crippen LogP contribution >= 0.6 is 11.6 Å². The number of hydrogen-bond acceptors (Lipinski definition) is 4. The first-order chi connectivity index (χ1) is 14.2. The Labute approximate surface area is 180 Å². The molecule has 7 nitrogen and oxygen atoms in total. The zero-order valence-corrected chi connectivity index (χ0v) is 18.1. The maximum Gasteiger partial charge on any atom is 0.251 e. The molecular formula is C21H21ClN4O3S. The van der Waals surface area contributed by atoms with Crippen molar-refractivity contribution in [3.63, 3.8) is 0 Å². The minimum absolute atomic E-state index is 0.131. The molecule has 156 valence electrons. The van der Waals surface area contributed by atoms with Crippen molar-refractivity contribution in [1.82, 2.24) is 9.88 Å². The van der Waals surface area contributed by atoms with E-state index in [9.17, 15) is 13.2 Å². The van der Waals surface area contributed by atoms with Crippen LogP contribution in [0.5, 0.6) is 0 Å². The molecule has 0 saturated carbocycles. The number of amides is 1. The number of carbonyl (C=O) groups excluding carboxylic acids is 1. The summed E-state index contributed by atoms with van der Waals surface area (Å²) in [5.74, 6) is -0.340. The van der Waals surface area contributed by atoms with Gasteiger partial charge in [0.15, 0.2) is 0 Å². The topological polar surface area (TPSA) is 104 Å². The number of rotatable bonds is 7. The van der Waals surface area contributed by atoms with Crippen LogP contribution in [0.15, 0.2) is 54.7 Å². The SMILES string of the molecule is CC[C@](C(=O)NCC#N)(c1ccc(Cl)cc1)n1ccc2c(NS(C)(=O)=O)cccc21. The van der Waals surface area contributed by atoms with Gasteiger partial charge in [-0.2, -0.15) is 5.26 Å². The van der Waals surface area contributed by atoms with Gasteiger partial charge in [0.1, 0.15) is 12.1 Å². The Kier molecular flexibility index (Phi) is 6.06. The van der Waals surface area contributed by atoms with E-state index in [0.717, 1.165) is 6.26 Å². The average molecular weight is 445 g/mol. The molecule has 0 aliphatic heterocycles. The lowest BCUT2D eigenvalue weighted by atomic mass is 9.85. The fourth-order valence-electron chi connectivity index (χ4n) is 3.70. The van der Waals surface area contributed by atoms with Gasteiger partial charge in [0, 0.05) is 16.6 Å². The fourth-order valence-corrected chi connectivity index (χ4v) is 4.40. The molecule has 0 aliphatic rings. The summed E-state index contributed by atoms with van der Waals surface area (Å²) in [5, 5.41) is 12.8. The molecule has 0 radical (unpaired) electrons. The lowest BCUT2D eigenvalue weighted by Crippen LogP contribution is -2.49. The number of nitriles is 1. The fraction of sp³-hybridized carbons (Fsp3) is 0.238. The largest absolute Gasteiger partial charge is 0.341 e. The molecule has 1 atom stereocenters. The van der Waals surface area contributed by atoms with E-state index in [1.165, 1.54) is 0 Å². The highest BCUT2D eigenvalue weighted by Crippen LogP contribution is 2.37. The Balaban J connectivity index is 2.27. The number of fused-ring (bicyclic) bond motifs is 1. The molecule has 2 N–H and O–H groups in total. The second kappa shape index (κ2) is 8.38. The van der Waals surface area contributed by atoms with Crippen LogP contribution in [0.3, 0.4) is 0 Å². The van der Waals surface area contributed by atoms with Gasteiger partial charge in [-0.1, -0.05) is 36.7 Å². The Hall–Kier alpha value is -3.02. The molecule has 0 spiro atoms. The van der Waals surface area contributed by atoms with E-state index in [1.807, 2.05) is 23.6 Å². The maximum absolute atomic E-state index is 13.4. The van der Waals surface area contributed by atoms with Crippen LogP contribution in [0.1, 0.15) is 18.9 Å². The molecule has 0 saturated heterocycles. The third-order valence-electron chi connectivity index (χ3n) is 4.98. The Morgan fingerprint density at radius 1 is 1.20 bits per heavy atom. The highest BCUT2D eigenvalue weighted by Gasteiger charge is 2.41. The lowest BCUT2D eigenvalue weighted by Gasteiger charge is -2.34. The smallest absolute Gasteiger partial charge is 0.251 e. The van der Waals surface area contributed by atoms with Gasteiger partial charge >= 0.3 is 0 Å². The Morgan fingerprint density at radius 3 is 2.50 bits per heavy atom. The van der Waals surface area contributed by atoms with Crippen LogP contribution in [0, 0.1) is 11.3 Å². The van der Waals surface area contributed by atoms with Crippen molar-refractivity contribution >= 4 is 44.1 Å². The van der Waals surface area contributed by atoms with Crippen molar-refractivity contribution in [2.45, 2.75) is 18.9 Å². The summed E-state index contributed by atoms with van der Waals surface area (Å²) < 4.78 is 27.8. The number of nitrogens with zero attached hydrogens (tertiary/aromatic N) is 2.